The van der Waals surface area contributed by atoms with Crippen molar-refractivity contribution < 1.29 is 9.84 Å². The van der Waals surface area contributed by atoms with Crippen LogP contribution in [0.4, 0.5) is 0 Å². The zero-order valence-corrected chi connectivity index (χ0v) is 6.38. The average Bonchev–Trinajstić information content (AvgIpc) is 2.73. The van der Waals surface area contributed by atoms with Crippen molar-refractivity contribution in [1.29, 1.82) is 0 Å². The molecule has 0 amide bonds. The van der Waals surface area contributed by atoms with Gasteiger partial charge in [0.2, 0.25) is 0 Å². The number of aliphatic hydroxyl groups excluding tert-OH is 1. The molecule has 2 fully saturated rings. The number of ether oxygens (including phenoxy) is 1. The summed E-state index contributed by atoms with van der Waals surface area (Å²) in [5.41, 5.74) is 0. The first-order valence-electron chi connectivity index (χ1n) is 4.15. The first-order chi connectivity index (χ1) is 4.89. The third-order valence-electron chi connectivity index (χ3n) is 1.78. The molecule has 0 unspecified atom stereocenters. The van der Waals surface area contributed by atoms with Gasteiger partial charge in [0.05, 0.1) is 19.3 Å². The average molecular weight is 144 g/mol. The second kappa shape index (κ2) is 4.69. The lowest BCUT2D eigenvalue weighted by molar-refractivity contribution is 0.130. The predicted octanol–water partition coefficient (Wildman–Crippen LogP) is 1.33. The van der Waals surface area contributed by atoms with Crippen LogP contribution in [-0.4, -0.2) is 24.4 Å². The predicted molar refractivity (Wildman–Crippen MR) is 39.9 cm³/mol. The number of epoxide rings is 1. The highest BCUT2D eigenvalue weighted by Crippen LogP contribution is 2.16. The minimum Gasteiger partial charge on any atom is -0.393 e. The molecule has 2 aliphatic rings. The van der Waals surface area contributed by atoms with Gasteiger partial charge in [-0.25, -0.2) is 0 Å². The van der Waals surface area contributed by atoms with Gasteiger partial charge < -0.3 is 9.84 Å². The topological polar surface area (TPSA) is 32.8 Å². The van der Waals surface area contributed by atoms with Crippen molar-refractivity contribution in [3.05, 3.63) is 0 Å². The van der Waals surface area contributed by atoms with Gasteiger partial charge in [-0.05, 0) is 12.8 Å². The Kier molecular flexibility index (Phi) is 3.76. The third kappa shape index (κ3) is 4.77. The van der Waals surface area contributed by atoms with Crippen molar-refractivity contribution >= 4 is 0 Å². The van der Waals surface area contributed by atoms with E-state index >= 15 is 0 Å². The zero-order chi connectivity index (χ0) is 7.23. The largest absolute Gasteiger partial charge is 0.393 e. The van der Waals surface area contributed by atoms with E-state index < -0.39 is 0 Å². The van der Waals surface area contributed by atoms with Crippen molar-refractivity contribution in [3.63, 3.8) is 0 Å². The maximum Gasteiger partial charge on any atom is 0.0701 e. The molecule has 1 N–H and O–H groups in total. The summed E-state index contributed by atoms with van der Waals surface area (Å²) in [4.78, 5) is 0. The lowest BCUT2D eigenvalue weighted by Crippen LogP contribution is -2.09. The molecule has 1 aliphatic carbocycles. The Morgan fingerprint density at radius 3 is 1.70 bits per heavy atom. The van der Waals surface area contributed by atoms with Crippen LogP contribution in [0, 0.1) is 0 Å². The summed E-state index contributed by atoms with van der Waals surface area (Å²) in [5.74, 6) is 0. The van der Waals surface area contributed by atoms with Crippen LogP contribution in [0.2, 0.25) is 0 Å². The summed E-state index contributed by atoms with van der Waals surface area (Å²) in [7, 11) is 0. The Morgan fingerprint density at radius 2 is 1.50 bits per heavy atom. The molecule has 2 rings (SSSR count). The van der Waals surface area contributed by atoms with Crippen LogP contribution in [0.25, 0.3) is 0 Å². The molecule has 1 saturated heterocycles. The first kappa shape index (κ1) is 8.02. The molecule has 0 spiro atoms. The van der Waals surface area contributed by atoms with E-state index in [0.717, 1.165) is 26.1 Å². The maximum absolute atomic E-state index is 8.91. The molecule has 1 heterocycles. The van der Waals surface area contributed by atoms with Crippen LogP contribution >= 0.6 is 0 Å². The molecule has 60 valence electrons. The molecular formula is C8H16O2. The zero-order valence-electron chi connectivity index (χ0n) is 6.38. The fraction of sp³-hybridized carbons (Fsp3) is 1.00. The van der Waals surface area contributed by atoms with Crippen molar-refractivity contribution in [3.8, 4) is 0 Å². The van der Waals surface area contributed by atoms with Crippen LogP contribution in [0.3, 0.4) is 0 Å². The van der Waals surface area contributed by atoms with Crippen molar-refractivity contribution in [1.82, 2.24) is 0 Å². The molecular weight excluding hydrogens is 128 g/mol. The van der Waals surface area contributed by atoms with Crippen LogP contribution in [-0.2, 0) is 4.74 Å². The second-order valence-electron chi connectivity index (χ2n) is 2.90. The highest BCUT2D eigenvalue weighted by molar-refractivity contribution is 4.61. The van der Waals surface area contributed by atoms with E-state index in [4.69, 9.17) is 5.11 Å². The van der Waals surface area contributed by atoms with Gasteiger partial charge in [0, 0.05) is 0 Å². The quantitative estimate of drug-likeness (QED) is 0.520. The van der Waals surface area contributed by atoms with Crippen molar-refractivity contribution in [2.24, 2.45) is 0 Å². The lowest BCUT2D eigenvalue weighted by Gasteiger charge is -2.14. The molecule has 10 heavy (non-hydrogen) atoms. The van der Waals surface area contributed by atoms with E-state index in [1.807, 2.05) is 0 Å². The van der Waals surface area contributed by atoms with Gasteiger partial charge in [-0.1, -0.05) is 19.3 Å². The van der Waals surface area contributed by atoms with Crippen LogP contribution in [0.15, 0.2) is 0 Å². The summed E-state index contributed by atoms with van der Waals surface area (Å²) < 4.78 is 4.50. The molecule has 0 aromatic carbocycles. The van der Waals surface area contributed by atoms with E-state index in [9.17, 15) is 0 Å². The Bertz CT molecular complexity index is 72.6. The minimum atomic E-state index is 0.0359. The summed E-state index contributed by atoms with van der Waals surface area (Å²) >= 11 is 0. The Labute approximate surface area is 62.2 Å². The van der Waals surface area contributed by atoms with E-state index in [2.05, 4.69) is 4.74 Å². The normalized spacial score (nSPS) is 24.9. The maximum atomic E-state index is 8.91. The van der Waals surface area contributed by atoms with E-state index in [-0.39, 0.29) is 6.10 Å². The molecule has 0 aromatic heterocycles. The number of rotatable bonds is 0. The Morgan fingerprint density at radius 1 is 1.00 bits per heavy atom. The highest BCUT2D eigenvalue weighted by atomic mass is 16.6. The van der Waals surface area contributed by atoms with Crippen molar-refractivity contribution in [2.45, 2.75) is 38.2 Å². The Balaban J connectivity index is 0.000000138. The molecule has 2 nitrogen and oxygen atoms in total. The number of aliphatic hydroxyl groups is 1. The standard InChI is InChI=1S/C6H12O.C2H4O/c7-6-4-2-1-3-5-6;1-2-3-1/h6-7H,1-5H2;1-2H2. The van der Waals surface area contributed by atoms with E-state index in [0.29, 0.717) is 0 Å². The summed E-state index contributed by atoms with van der Waals surface area (Å²) in [6.45, 7) is 2.00. The van der Waals surface area contributed by atoms with Gasteiger partial charge in [-0.15, -0.1) is 0 Å². The van der Waals surface area contributed by atoms with E-state index in [1.165, 1.54) is 19.3 Å². The fourth-order valence-electron chi connectivity index (χ4n) is 1.08. The minimum absolute atomic E-state index is 0.0359. The first-order valence-corrected chi connectivity index (χ1v) is 4.15. The van der Waals surface area contributed by atoms with Crippen LogP contribution < -0.4 is 0 Å². The van der Waals surface area contributed by atoms with Gasteiger partial charge in [-0.3, -0.25) is 0 Å². The van der Waals surface area contributed by atoms with Gasteiger partial charge in [0.25, 0.3) is 0 Å². The van der Waals surface area contributed by atoms with Gasteiger partial charge in [-0.2, -0.15) is 0 Å². The Hall–Kier alpha value is -0.0800. The smallest absolute Gasteiger partial charge is 0.0701 e. The summed E-state index contributed by atoms with van der Waals surface area (Å²) in [6.07, 6.45) is 5.92. The lowest BCUT2D eigenvalue weighted by atomic mass is 9.98. The summed E-state index contributed by atoms with van der Waals surface area (Å²) in [5, 5.41) is 8.91. The number of hydrogen-bond acceptors (Lipinski definition) is 2. The van der Waals surface area contributed by atoms with Crippen LogP contribution in [0.1, 0.15) is 32.1 Å². The SMILES string of the molecule is C1CO1.OC1CCCCC1. The van der Waals surface area contributed by atoms with Gasteiger partial charge in [0.15, 0.2) is 0 Å². The summed E-state index contributed by atoms with van der Waals surface area (Å²) in [6, 6.07) is 0. The van der Waals surface area contributed by atoms with Crippen LogP contribution in [0.5, 0.6) is 0 Å². The molecule has 1 aliphatic heterocycles. The number of hydrogen-bond donors (Lipinski definition) is 1. The fourth-order valence-corrected chi connectivity index (χ4v) is 1.08. The second-order valence-corrected chi connectivity index (χ2v) is 2.90. The molecule has 0 bridgehead atoms. The van der Waals surface area contributed by atoms with Gasteiger partial charge in [0.1, 0.15) is 0 Å². The van der Waals surface area contributed by atoms with E-state index in [1.54, 1.807) is 0 Å². The van der Waals surface area contributed by atoms with Gasteiger partial charge >= 0.3 is 0 Å². The van der Waals surface area contributed by atoms with Crippen molar-refractivity contribution in [2.75, 3.05) is 13.2 Å². The molecule has 1 saturated carbocycles. The molecule has 0 aromatic rings. The highest BCUT2D eigenvalue weighted by Gasteiger charge is 2.07. The molecule has 0 atom stereocenters. The monoisotopic (exact) mass is 144 g/mol. The third-order valence-corrected chi connectivity index (χ3v) is 1.78. The molecule has 0 radical (unpaired) electrons. The molecule has 2 heteroatoms.